The molecule has 2 aromatic rings. The molecule has 2 atom stereocenters. The van der Waals surface area contributed by atoms with E-state index in [-0.39, 0.29) is 11.9 Å². The molecule has 1 aliphatic heterocycles. The van der Waals surface area contributed by atoms with Gasteiger partial charge < -0.3 is 15.4 Å². The van der Waals surface area contributed by atoms with Crippen LogP contribution < -0.4 is 10.6 Å². The van der Waals surface area contributed by atoms with Crippen LogP contribution in [0.25, 0.3) is 0 Å². The molecule has 4 nitrogen and oxygen atoms in total. The third-order valence-corrected chi connectivity index (χ3v) is 5.17. The average Bonchev–Trinajstić information content (AvgIpc) is 2.57. The average molecular weight is 454 g/mol. The maximum Gasteiger partial charge on any atom is 0.254 e. The van der Waals surface area contributed by atoms with Crippen molar-refractivity contribution in [2.45, 2.75) is 18.6 Å². The Balaban J connectivity index is 1.83. The Morgan fingerprint density at radius 1 is 1.29 bits per heavy atom. The lowest BCUT2D eigenvalue weighted by Crippen LogP contribution is -2.36. The van der Waals surface area contributed by atoms with Crippen molar-refractivity contribution in [3.8, 4) is 0 Å². The molecule has 0 spiro atoms. The van der Waals surface area contributed by atoms with Gasteiger partial charge in [0.1, 0.15) is 0 Å². The zero-order chi connectivity index (χ0) is 17.1. The van der Waals surface area contributed by atoms with Gasteiger partial charge in [0.05, 0.1) is 11.7 Å². The molecule has 2 N–H and O–H groups in total. The smallest absolute Gasteiger partial charge is 0.254 e. The highest BCUT2D eigenvalue weighted by molar-refractivity contribution is 9.11. The lowest BCUT2D eigenvalue weighted by atomic mass is 9.97. The summed E-state index contributed by atoms with van der Waals surface area (Å²) in [5.74, 6) is -0.127. The number of fused-ring (bicyclic) bond motifs is 1. The molecule has 24 heavy (non-hydrogen) atoms. The quantitative estimate of drug-likeness (QED) is 0.712. The van der Waals surface area contributed by atoms with Gasteiger partial charge in [0, 0.05) is 22.6 Å². The number of benzene rings is 2. The highest BCUT2D eigenvalue weighted by Crippen LogP contribution is 2.38. The summed E-state index contributed by atoms with van der Waals surface area (Å²) in [5, 5.41) is 6.52. The highest BCUT2D eigenvalue weighted by atomic mass is 79.9. The van der Waals surface area contributed by atoms with Crippen LogP contribution in [0.3, 0.4) is 0 Å². The molecule has 0 bridgehead atoms. The van der Waals surface area contributed by atoms with Crippen LogP contribution in [0.15, 0.2) is 51.4 Å². The van der Waals surface area contributed by atoms with Crippen molar-refractivity contribution in [2.75, 3.05) is 19.0 Å². The summed E-state index contributed by atoms with van der Waals surface area (Å²) in [6.07, 6.45) is 0.215. The molecule has 126 valence electrons. The maximum atomic E-state index is 12.7. The van der Waals surface area contributed by atoms with Crippen molar-refractivity contribution >= 4 is 43.5 Å². The molecular weight excluding hydrogens is 436 g/mol. The zero-order valence-electron chi connectivity index (χ0n) is 13.2. The number of ether oxygens (including phenoxy) is 1. The molecule has 0 radical (unpaired) electrons. The lowest BCUT2D eigenvalue weighted by molar-refractivity contribution is -0.132. The number of halogens is 2. The van der Waals surface area contributed by atoms with E-state index in [0.29, 0.717) is 0 Å². The highest BCUT2D eigenvalue weighted by Gasteiger charge is 2.27. The van der Waals surface area contributed by atoms with Gasteiger partial charge in [-0.3, -0.25) is 4.79 Å². The van der Waals surface area contributed by atoms with Crippen molar-refractivity contribution in [1.29, 1.82) is 0 Å². The van der Waals surface area contributed by atoms with Crippen molar-refractivity contribution in [2.24, 2.45) is 0 Å². The molecule has 0 aromatic heterocycles. The summed E-state index contributed by atoms with van der Waals surface area (Å²) in [5.41, 5.74) is 2.95. The minimum Gasteiger partial charge on any atom is -0.384 e. The first-order chi connectivity index (χ1) is 11.6. The Bertz CT molecular complexity index is 737. The Kier molecular flexibility index (Phi) is 5.58. The molecule has 2 unspecified atom stereocenters. The Morgan fingerprint density at radius 2 is 2.04 bits per heavy atom. The number of hydrogen-bond donors (Lipinski definition) is 2. The largest absolute Gasteiger partial charge is 0.384 e. The Hall–Kier alpha value is -1.37. The molecule has 2 aromatic carbocycles. The normalized spacial score (nSPS) is 17.5. The van der Waals surface area contributed by atoms with E-state index in [1.165, 1.54) is 0 Å². The second-order valence-corrected chi connectivity index (χ2v) is 7.42. The van der Waals surface area contributed by atoms with Crippen molar-refractivity contribution in [3.05, 3.63) is 62.5 Å². The summed E-state index contributed by atoms with van der Waals surface area (Å²) in [4.78, 5) is 12.7. The topological polar surface area (TPSA) is 50.4 Å². The molecule has 1 amide bonds. The summed E-state index contributed by atoms with van der Waals surface area (Å²) in [7, 11) is 1.56. The number of nitrogens with one attached hydrogen (secondary N) is 2. The zero-order valence-corrected chi connectivity index (χ0v) is 16.4. The van der Waals surface area contributed by atoms with E-state index >= 15 is 0 Å². The maximum absolute atomic E-state index is 12.7. The molecule has 6 heteroatoms. The molecule has 0 saturated carbocycles. The van der Waals surface area contributed by atoms with E-state index in [1.54, 1.807) is 7.11 Å². The van der Waals surface area contributed by atoms with Gasteiger partial charge >= 0.3 is 0 Å². The van der Waals surface area contributed by atoms with Gasteiger partial charge in [-0.15, -0.1) is 0 Å². The third-order valence-electron chi connectivity index (χ3n) is 4.09. The summed E-state index contributed by atoms with van der Waals surface area (Å²) < 4.78 is 7.39. The molecule has 1 heterocycles. The summed E-state index contributed by atoms with van der Waals surface area (Å²) in [6.45, 7) is 0.807. The van der Waals surface area contributed by atoms with Crippen LogP contribution in [-0.4, -0.2) is 19.6 Å². The molecule has 0 fully saturated rings. The fourth-order valence-corrected chi connectivity index (χ4v) is 4.37. The van der Waals surface area contributed by atoms with E-state index < -0.39 is 6.10 Å². The number of rotatable bonds is 4. The molecule has 0 saturated heterocycles. The third kappa shape index (κ3) is 3.66. The number of carbonyl (C=O) groups is 1. The SMILES string of the molecule is COC(C(=O)NC1CCNc2c(Br)cc(Br)cc21)c1ccccc1. The Morgan fingerprint density at radius 3 is 2.75 bits per heavy atom. The first-order valence-electron chi connectivity index (χ1n) is 7.71. The number of anilines is 1. The van der Waals surface area contributed by atoms with Gasteiger partial charge in [-0.1, -0.05) is 46.3 Å². The second kappa shape index (κ2) is 7.68. The molecule has 0 aliphatic carbocycles. The van der Waals surface area contributed by atoms with E-state index in [0.717, 1.165) is 38.7 Å². The fourth-order valence-electron chi connectivity index (χ4n) is 2.97. The van der Waals surface area contributed by atoms with Crippen molar-refractivity contribution in [3.63, 3.8) is 0 Å². The van der Waals surface area contributed by atoms with Crippen LogP contribution in [0, 0.1) is 0 Å². The Labute approximate surface area is 158 Å². The second-order valence-electron chi connectivity index (χ2n) is 5.65. The van der Waals surface area contributed by atoms with Crippen LogP contribution in [-0.2, 0) is 9.53 Å². The van der Waals surface area contributed by atoms with Crippen LogP contribution in [0.1, 0.15) is 29.7 Å². The monoisotopic (exact) mass is 452 g/mol. The van der Waals surface area contributed by atoms with E-state index in [2.05, 4.69) is 42.5 Å². The van der Waals surface area contributed by atoms with Gasteiger partial charge in [-0.2, -0.15) is 0 Å². The van der Waals surface area contributed by atoms with E-state index in [1.807, 2.05) is 42.5 Å². The summed E-state index contributed by atoms with van der Waals surface area (Å²) in [6, 6.07) is 13.5. The lowest BCUT2D eigenvalue weighted by Gasteiger charge is -2.30. The van der Waals surface area contributed by atoms with E-state index in [9.17, 15) is 4.79 Å². The van der Waals surface area contributed by atoms with Gasteiger partial charge in [0.15, 0.2) is 6.10 Å². The van der Waals surface area contributed by atoms with Crippen molar-refractivity contribution in [1.82, 2.24) is 5.32 Å². The molecular formula is C18H18Br2N2O2. The minimum absolute atomic E-state index is 0.0519. The number of hydrogen-bond acceptors (Lipinski definition) is 3. The predicted octanol–water partition coefficient (Wildman–Crippen LogP) is 4.57. The number of carbonyl (C=O) groups excluding carboxylic acids is 1. The minimum atomic E-state index is -0.611. The molecule has 1 aliphatic rings. The molecule has 3 rings (SSSR count). The first kappa shape index (κ1) is 17.5. The van der Waals surface area contributed by atoms with Crippen LogP contribution >= 0.6 is 31.9 Å². The van der Waals surface area contributed by atoms with Gasteiger partial charge in [0.25, 0.3) is 5.91 Å². The van der Waals surface area contributed by atoms with Gasteiger partial charge in [-0.25, -0.2) is 0 Å². The predicted molar refractivity (Wildman–Crippen MR) is 102 cm³/mol. The standard InChI is InChI=1S/C18H18Br2N2O2/c1-24-17(11-5-3-2-4-6-11)18(23)22-15-7-8-21-16-13(15)9-12(19)10-14(16)20/h2-6,9-10,15,17,21H,7-8H2,1H3,(H,22,23). The first-order valence-corrected chi connectivity index (χ1v) is 9.29. The van der Waals surface area contributed by atoms with Crippen LogP contribution in [0.5, 0.6) is 0 Å². The van der Waals surface area contributed by atoms with Crippen LogP contribution in [0.4, 0.5) is 5.69 Å². The fraction of sp³-hybridized carbons (Fsp3) is 0.278. The van der Waals surface area contributed by atoms with Crippen molar-refractivity contribution < 1.29 is 9.53 Å². The van der Waals surface area contributed by atoms with Gasteiger partial charge in [0.2, 0.25) is 0 Å². The van der Waals surface area contributed by atoms with Crippen LogP contribution in [0.2, 0.25) is 0 Å². The number of methoxy groups -OCH3 is 1. The summed E-state index contributed by atoms with van der Waals surface area (Å²) >= 11 is 7.10. The van der Waals surface area contributed by atoms with E-state index in [4.69, 9.17) is 4.74 Å². The number of amides is 1. The van der Waals surface area contributed by atoms with Gasteiger partial charge in [-0.05, 0) is 45.6 Å².